The van der Waals surface area contributed by atoms with Crippen molar-refractivity contribution in [2.45, 2.75) is 33.4 Å². The first-order valence-electron chi connectivity index (χ1n) is 9.79. The molecule has 0 unspecified atom stereocenters. The van der Waals surface area contributed by atoms with Gasteiger partial charge in [0, 0.05) is 6.04 Å². The lowest BCUT2D eigenvalue weighted by Crippen LogP contribution is -2.34. The molecule has 1 saturated heterocycles. The van der Waals surface area contributed by atoms with Crippen molar-refractivity contribution >= 4 is 35.0 Å². The molecule has 2 aromatic rings. The third-order valence-electron chi connectivity index (χ3n) is 4.50. The lowest BCUT2D eigenvalue weighted by molar-refractivity contribution is -0.123. The number of amides is 2. The number of imide groups is 1. The van der Waals surface area contributed by atoms with Crippen molar-refractivity contribution in [1.82, 2.24) is 4.90 Å². The van der Waals surface area contributed by atoms with E-state index in [1.807, 2.05) is 6.92 Å². The van der Waals surface area contributed by atoms with Gasteiger partial charge in [0.2, 0.25) is 0 Å². The molecular weight excluding hydrogens is 418 g/mol. The maximum Gasteiger partial charge on any atom is 0.335 e. The van der Waals surface area contributed by atoms with E-state index < -0.39 is 5.97 Å². The molecule has 0 radical (unpaired) electrons. The Morgan fingerprint density at radius 2 is 1.81 bits per heavy atom. The summed E-state index contributed by atoms with van der Waals surface area (Å²) in [7, 11) is 0. The molecule has 162 valence electrons. The standard InChI is InChI=1S/C23H23NO6S/c1-4-29-19-11-16(12-20-21(25)24(14(2)3)23(28)31-20)7-10-18(19)30-13-15-5-8-17(9-6-15)22(26)27/h5-12,14H,4,13H2,1-3H3,(H,26,27)/b20-12+. The molecule has 0 saturated carbocycles. The van der Waals surface area contributed by atoms with Crippen molar-refractivity contribution in [3.05, 3.63) is 64.1 Å². The van der Waals surface area contributed by atoms with E-state index in [0.717, 1.165) is 22.9 Å². The molecular formula is C23H23NO6S. The monoisotopic (exact) mass is 441 g/mol. The Morgan fingerprint density at radius 1 is 1.10 bits per heavy atom. The molecule has 1 aliphatic heterocycles. The molecule has 1 heterocycles. The normalized spacial score (nSPS) is 15.1. The van der Waals surface area contributed by atoms with E-state index >= 15 is 0 Å². The average Bonchev–Trinajstić information content (AvgIpc) is 3.01. The summed E-state index contributed by atoms with van der Waals surface area (Å²) in [6.07, 6.45) is 1.67. The fraction of sp³-hybridized carbons (Fsp3) is 0.261. The molecule has 0 aromatic heterocycles. The molecule has 0 bridgehead atoms. The number of carbonyl (C=O) groups is 3. The van der Waals surface area contributed by atoms with Gasteiger partial charge in [-0.15, -0.1) is 0 Å². The molecule has 0 atom stereocenters. The smallest absolute Gasteiger partial charge is 0.335 e. The number of hydrogen-bond donors (Lipinski definition) is 1. The fourth-order valence-corrected chi connectivity index (χ4v) is 3.94. The first kappa shape index (κ1) is 22.4. The predicted molar refractivity (Wildman–Crippen MR) is 118 cm³/mol. The van der Waals surface area contributed by atoms with Crippen LogP contribution < -0.4 is 9.47 Å². The molecule has 31 heavy (non-hydrogen) atoms. The maximum atomic E-state index is 12.5. The van der Waals surface area contributed by atoms with Crippen LogP contribution in [0.15, 0.2) is 47.4 Å². The molecule has 3 rings (SSSR count). The zero-order chi connectivity index (χ0) is 22.5. The number of ether oxygens (including phenoxy) is 2. The number of nitrogens with zero attached hydrogens (tertiary/aromatic N) is 1. The summed E-state index contributed by atoms with van der Waals surface area (Å²) in [4.78, 5) is 37.1. The van der Waals surface area contributed by atoms with E-state index in [2.05, 4.69) is 0 Å². The van der Waals surface area contributed by atoms with Gasteiger partial charge in [-0.3, -0.25) is 14.5 Å². The van der Waals surface area contributed by atoms with Gasteiger partial charge in [-0.05, 0) is 74.0 Å². The van der Waals surface area contributed by atoms with Crippen molar-refractivity contribution in [3.63, 3.8) is 0 Å². The summed E-state index contributed by atoms with van der Waals surface area (Å²) in [6.45, 7) is 6.13. The summed E-state index contributed by atoms with van der Waals surface area (Å²) in [5.74, 6) is -0.237. The van der Waals surface area contributed by atoms with Crippen molar-refractivity contribution in [2.24, 2.45) is 0 Å². The number of hydrogen-bond acceptors (Lipinski definition) is 6. The zero-order valence-electron chi connectivity index (χ0n) is 17.5. The molecule has 2 amide bonds. The van der Waals surface area contributed by atoms with Gasteiger partial charge in [-0.2, -0.15) is 0 Å². The number of carboxylic acids is 1. The Morgan fingerprint density at radius 3 is 2.39 bits per heavy atom. The van der Waals surface area contributed by atoms with Gasteiger partial charge in [0.25, 0.3) is 11.1 Å². The van der Waals surface area contributed by atoms with Crippen molar-refractivity contribution < 1.29 is 29.0 Å². The minimum atomic E-state index is -0.979. The van der Waals surface area contributed by atoms with Crippen LogP contribution in [-0.2, 0) is 11.4 Å². The second-order valence-electron chi connectivity index (χ2n) is 7.08. The highest BCUT2D eigenvalue weighted by Crippen LogP contribution is 2.35. The molecule has 0 aliphatic carbocycles. The van der Waals surface area contributed by atoms with Gasteiger partial charge in [0.15, 0.2) is 11.5 Å². The van der Waals surface area contributed by atoms with Gasteiger partial charge >= 0.3 is 5.97 Å². The van der Waals surface area contributed by atoms with E-state index in [9.17, 15) is 14.4 Å². The topological polar surface area (TPSA) is 93.1 Å². The largest absolute Gasteiger partial charge is 0.490 e. The van der Waals surface area contributed by atoms with Crippen LogP contribution in [0, 0.1) is 0 Å². The Balaban J connectivity index is 1.77. The molecule has 0 spiro atoms. The molecule has 7 nitrogen and oxygen atoms in total. The molecule has 1 N–H and O–H groups in total. The third kappa shape index (κ3) is 5.27. The third-order valence-corrected chi connectivity index (χ3v) is 5.38. The van der Waals surface area contributed by atoms with E-state index in [1.54, 1.807) is 50.3 Å². The predicted octanol–water partition coefficient (Wildman–Crippen LogP) is 4.81. The van der Waals surface area contributed by atoms with Crippen molar-refractivity contribution in [1.29, 1.82) is 0 Å². The van der Waals surface area contributed by atoms with E-state index in [4.69, 9.17) is 14.6 Å². The molecule has 2 aromatic carbocycles. The van der Waals surface area contributed by atoms with Crippen LogP contribution in [0.1, 0.15) is 42.3 Å². The first-order valence-corrected chi connectivity index (χ1v) is 10.6. The summed E-state index contributed by atoms with van der Waals surface area (Å²) < 4.78 is 11.5. The maximum absolute atomic E-state index is 12.5. The highest BCUT2D eigenvalue weighted by atomic mass is 32.2. The van der Waals surface area contributed by atoms with E-state index in [-0.39, 0.29) is 29.4 Å². The van der Waals surface area contributed by atoms with Crippen molar-refractivity contribution in [3.8, 4) is 11.5 Å². The quantitative estimate of drug-likeness (QED) is 0.588. The summed E-state index contributed by atoms with van der Waals surface area (Å²) >= 11 is 0.924. The van der Waals surface area contributed by atoms with Crippen LogP contribution in [0.4, 0.5) is 4.79 Å². The highest BCUT2D eigenvalue weighted by molar-refractivity contribution is 8.18. The van der Waals surface area contributed by atoms with Crippen LogP contribution in [0.5, 0.6) is 11.5 Å². The zero-order valence-corrected chi connectivity index (χ0v) is 18.3. The van der Waals surface area contributed by atoms with Gasteiger partial charge in [0.05, 0.1) is 17.1 Å². The minimum Gasteiger partial charge on any atom is -0.490 e. The number of thioether (sulfide) groups is 1. The van der Waals surface area contributed by atoms with Crippen LogP contribution >= 0.6 is 11.8 Å². The summed E-state index contributed by atoms with van der Waals surface area (Å²) in [5, 5.41) is 8.71. The molecule has 8 heteroatoms. The van der Waals surface area contributed by atoms with Crippen molar-refractivity contribution in [2.75, 3.05) is 6.61 Å². The lowest BCUT2D eigenvalue weighted by Gasteiger charge is -2.16. The SMILES string of the molecule is CCOc1cc(/C=C2/SC(=O)N(C(C)C)C2=O)ccc1OCc1ccc(C(=O)O)cc1. The number of carboxylic acid groups (broad SMARTS) is 1. The van der Waals surface area contributed by atoms with Crippen LogP contribution in [0.2, 0.25) is 0 Å². The Labute approximate surface area is 184 Å². The number of rotatable bonds is 8. The Kier molecular flexibility index (Phi) is 7.02. The minimum absolute atomic E-state index is 0.197. The number of aromatic carboxylic acids is 1. The van der Waals surface area contributed by atoms with E-state index in [1.165, 1.54) is 17.0 Å². The Hall–Kier alpha value is -3.26. The number of benzene rings is 2. The highest BCUT2D eigenvalue weighted by Gasteiger charge is 2.36. The molecule has 1 aliphatic rings. The number of carbonyl (C=O) groups excluding carboxylic acids is 2. The van der Waals surface area contributed by atoms with Gasteiger partial charge in [-0.25, -0.2) is 4.79 Å². The van der Waals surface area contributed by atoms with Crippen LogP contribution in [0.3, 0.4) is 0 Å². The summed E-state index contributed by atoms with van der Waals surface area (Å²) in [5.41, 5.74) is 1.75. The van der Waals surface area contributed by atoms with Gasteiger partial charge in [-0.1, -0.05) is 18.2 Å². The van der Waals surface area contributed by atoms with Crippen LogP contribution in [0.25, 0.3) is 6.08 Å². The van der Waals surface area contributed by atoms with E-state index in [0.29, 0.717) is 23.0 Å². The summed E-state index contributed by atoms with van der Waals surface area (Å²) in [6, 6.07) is 11.5. The van der Waals surface area contributed by atoms with Gasteiger partial charge in [0.1, 0.15) is 6.61 Å². The van der Waals surface area contributed by atoms with Crippen LogP contribution in [-0.4, -0.2) is 39.8 Å². The average molecular weight is 442 g/mol. The lowest BCUT2D eigenvalue weighted by atomic mass is 10.1. The Bertz CT molecular complexity index is 1030. The molecule has 1 fully saturated rings. The second kappa shape index (κ2) is 9.70. The van der Waals surface area contributed by atoms with Gasteiger partial charge < -0.3 is 14.6 Å². The fourth-order valence-electron chi connectivity index (χ4n) is 2.98. The second-order valence-corrected chi connectivity index (χ2v) is 8.07. The first-order chi connectivity index (χ1) is 14.8.